The van der Waals surface area contributed by atoms with Gasteiger partial charge in [-0.25, -0.2) is 21.8 Å². The van der Waals surface area contributed by atoms with Crippen LogP contribution in [0.5, 0.6) is 0 Å². The molecule has 47 heavy (non-hydrogen) atoms. The predicted molar refractivity (Wildman–Crippen MR) is 182 cm³/mol. The minimum Gasteiger partial charge on any atom is -0.388 e. The number of hydrogen-bond acceptors (Lipinski definition) is 9. The van der Waals surface area contributed by atoms with Gasteiger partial charge < -0.3 is 10.4 Å². The lowest BCUT2D eigenvalue weighted by atomic mass is 9.82. The maximum absolute atomic E-state index is 13.8. The van der Waals surface area contributed by atoms with E-state index < -0.39 is 37.9 Å². The highest BCUT2D eigenvalue weighted by Gasteiger charge is 2.35. The molecule has 0 aliphatic heterocycles. The summed E-state index contributed by atoms with van der Waals surface area (Å²) in [5.41, 5.74) is 1.98. The van der Waals surface area contributed by atoms with Crippen molar-refractivity contribution in [3.63, 3.8) is 0 Å². The molecule has 0 aliphatic carbocycles. The van der Waals surface area contributed by atoms with Crippen molar-refractivity contribution in [3.8, 4) is 0 Å². The highest BCUT2D eigenvalue weighted by Crippen LogP contribution is 2.44. The Bertz CT molecular complexity index is 2150. The zero-order valence-corrected chi connectivity index (χ0v) is 27.2. The molecule has 12 heteroatoms. The number of sulfonamides is 1. The number of thiophene rings is 1. The van der Waals surface area contributed by atoms with E-state index in [1.807, 2.05) is 48.5 Å². The van der Waals surface area contributed by atoms with Crippen molar-refractivity contribution < 1.29 is 21.9 Å². The zero-order chi connectivity index (χ0) is 32.9. The number of rotatable bonds is 12. The fraction of sp³-hybridized carbons (Fsp3) is 0.0857. The second kappa shape index (κ2) is 13.9. The van der Waals surface area contributed by atoms with E-state index in [1.165, 1.54) is 24.3 Å². The molecular weight excluding hydrogens is 653 g/mol. The van der Waals surface area contributed by atoms with Crippen molar-refractivity contribution in [3.05, 3.63) is 163 Å². The predicted octanol–water partition coefficient (Wildman–Crippen LogP) is 6.84. The molecule has 6 rings (SSSR count). The van der Waals surface area contributed by atoms with E-state index in [0.29, 0.717) is 34.0 Å². The number of hydrogen-bond donors (Lipinski definition) is 3. The quantitative estimate of drug-likeness (QED) is 0.128. The number of anilines is 2. The lowest BCUT2D eigenvalue weighted by Gasteiger charge is -2.33. The number of nitrogens with zero attached hydrogens (tertiary/aromatic N) is 2. The minimum atomic E-state index is -4.24. The first-order valence-corrected chi connectivity index (χ1v) is 18.4. The summed E-state index contributed by atoms with van der Waals surface area (Å²) >= 11 is 0.669. The second-order valence-corrected chi connectivity index (χ2v) is 15.7. The molecule has 3 heterocycles. The van der Waals surface area contributed by atoms with Gasteiger partial charge in [-0.1, -0.05) is 78.9 Å². The van der Waals surface area contributed by atoms with Gasteiger partial charge in [0.15, 0.2) is 0 Å². The van der Waals surface area contributed by atoms with Crippen LogP contribution in [0.25, 0.3) is 0 Å². The Labute approximate surface area is 277 Å². The van der Waals surface area contributed by atoms with E-state index in [-0.39, 0.29) is 19.0 Å². The van der Waals surface area contributed by atoms with E-state index in [2.05, 4.69) is 20.0 Å². The molecule has 0 saturated carbocycles. The van der Waals surface area contributed by atoms with Gasteiger partial charge in [0.2, 0.25) is 9.84 Å². The summed E-state index contributed by atoms with van der Waals surface area (Å²) in [7, 11) is -8.15. The van der Waals surface area contributed by atoms with Crippen LogP contribution in [0.3, 0.4) is 0 Å². The topological polar surface area (TPSA) is 138 Å². The molecule has 3 aromatic heterocycles. The first kappa shape index (κ1) is 32.1. The largest absolute Gasteiger partial charge is 0.388 e. The maximum Gasteiger partial charge on any atom is 0.271 e. The lowest BCUT2D eigenvalue weighted by Crippen LogP contribution is -2.27. The number of sulfone groups is 1. The highest BCUT2D eigenvalue weighted by molar-refractivity contribution is 7.96. The summed E-state index contributed by atoms with van der Waals surface area (Å²) in [4.78, 5) is 9.12. The van der Waals surface area contributed by atoms with Crippen LogP contribution in [0.1, 0.15) is 34.9 Å². The van der Waals surface area contributed by atoms with Gasteiger partial charge in [-0.3, -0.25) is 9.71 Å². The molecule has 0 amide bonds. The van der Waals surface area contributed by atoms with Crippen LogP contribution in [0, 0.1) is 0 Å². The maximum atomic E-state index is 13.8. The van der Waals surface area contributed by atoms with Crippen molar-refractivity contribution in [1.82, 2.24) is 9.97 Å². The summed E-state index contributed by atoms with van der Waals surface area (Å²) in [6.07, 6.45) is 2.22. The summed E-state index contributed by atoms with van der Waals surface area (Å²) in [6.45, 7) is 0. The van der Waals surface area contributed by atoms with Gasteiger partial charge in [0.25, 0.3) is 10.0 Å². The van der Waals surface area contributed by atoms with E-state index >= 15 is 0 Å². The van der Waals surface area contributed by atoms with Gasteiger partial charge >= 0.3 is 0 Å². The first-order valence-electron chi connectivity index (χ1n) is 14.6. The molecule has 3 unspecified atom stereocenters. The van der Waals surface area contributed by atoms with Crippen LogP contribution in [0.4, 0.5) is 11.5 Å². The summed E-state index contributed by atoms with van der Waals surface area (Å²) in [5.74, 6) is -0.207. The molecule has 0 radical (unpaired) electrons. The molecule has 238 valence electrons. The number of benzene rings is 3. The highest BCUT2D eigenvalue weighted by atomic mass is 32.3. The second-order valence-electron chi connectivity index (χ2n) is 10.6. The third-order valence-corrected chi connectivity index (χ3v) is 12.7. The third-order valence-electron chi connectivity index (χ3n) is 7.52. The fourth-order valence-corrected chi connectivity index (χ4v) is 9.55. The van der Waals surface area contributed by atoms with Crippen LogP contribution in [0.15, 0.2) is 159 Å². The number of aliphatic hydroxyl groups is 1. The van der Waals surface area contributed by atoms with Crippen molar-refractivity contribution in [1.29, 1.82) is 0 Å². The molecule has 0 fully saturated rings. The van der Waals surface area contributed by atoms with E-state index in [0.717, 1.165) is 0 Å². The Morgan fingerprint density at radius 3 is 1.94 bits per heavy atom. The Hall–Kier alpha value is -4.88. The molecule has 3 aromatic carbocycles. The summed E-state index contributed by atoms with van der Waals surface area (Å²) in [6, 6.07) is 36.6. The number of aromatic nitrogens is 2. The van der Waals surface area contributed by atoms with Gasteiger partial charge in [0.05, 0.1) is 28.6 Å². The van der Waals surface area contributed by atoms with Crippen LogP contribution in [-0.2, 0) is 19.9 Å². The van der Waals surface area contributed by atoms with Crippen molar-refractivity contribution in [2.75, 3.05) is 10.0 Å². The Morgan fingerprint density at radius 1 is 0.638 bits per heavy atom. The van der Waals surface area contributed by atoms with E-state index in [9.17, 15) is 21.9 Å². The zero-order valence-electron chi connectivity index (χ0n) is 24.8. The van der Waals surface area contributed by atoms with Crippen LogP contribution < -0.4 is 10.0 Å². The monoisotopic (exact) mass is 682 g/mol. The number of para-hydroxylation sites is 1. The van der Waals surface area contributed by atoms with E-state index in [1.54, 1.807) is 73.1 Å². The Balaban J connectivity index is 1.42. The molecule has 0 aliphatic rings. The van der Waals surface area contributed by atoms with Crippen LogP contribution in [0.2, 0.25) is 0 Å². The Morgan fingerprint density at radius 2 is 1.26 bits per heavy atom. The molecule has 9 nitrogen and oxygen atoms in total. The minimum absolute atomic E-state index is 0.0741. The van der Waals surface area contributed by atoms with Gasteiger partial charge in [-0.05, 0) is 65.7 Å². The van der Waals surface area contributed by atoms with Gasteiger partial charge in [-0.15, -0.1) is 11.3 Å². The average Bonchev–Trinajstić information content (AvgIpc) is 3.63. The van der Waals surface area contributed by atoms with Crippen LogP contribution in [-0.4, -0.2) is 31.9 Å². The third kappa shape index (κ3) is 7.10. The van der Waals surface area contributed by atoms with Gasteiger partial charge in [-0.2, -0.15) is 0 Å². The van der Waals surface area contributed by atoms with E-state index in [4.69, 9.17) is 0 Å². The number of pyridine rings is 2. The van der Waals surface area contributed by atoms with Crippen LogP contribution >= 0.6 is 11.3 Å². The molecule has 3 N–H and O–H groups in total. The van der Waals surface area contributed by atoms with Gasteiger partial charge in [0, 0.05) is 18.1 Å². The average molecular weight is 683 g/mol. The van der Waals surface area contributed by atoms with Crippen molar-refractivity contribution in [2.24, 2.45) is 0 Å². The first-order chi connectivity index (χ1) is 22.7. The normalized spacial score (nSPS) is 13.7. The molecule has 6 aromatic rings. The fourth-order valence-electron chi connectivity index (χ4n) is 5.28. The smallest absolute Gasteiger partial charge is 0.271 e. The Kier molecular flexibility index (Phi) is 9.45. The number of nitrogens with one attached hydrogen (secondary N) is 2. The van der Waals surface area contributed by atoms with Gasteiger partial charge in [0.1, 0.15) is 14.2 Å². The molecule has 3 atom stereocenters. The SMILES string of the molecule is O=S(=O)(Nc1ccccc1C(Nc1ccccn1)C(c1ccccn1)C(O)c1ccccc1)c1ccc(S(=O)(=O)c2ccccc2)s1. The number of aliphatic hydroxyl groups excluding tert-OH is 1. The molecule has 0 spiro atoms. The summed E-state index contributed by atoms with van der Waals surface area (Å²) < 4.78 is 56.4. The van der Waals surface area contributed by atoms with Crippen molar-refractivity contribution in [2.45, 2.75) is 31.4 Å². The van der Waals surface area contributed by atoms with Crippen molar-refractivity contribution >= 4 is 42.7 Å². The molecule has 0 saturated heterocycles. The standard InChI is InChI=1S/C35H30N4O5S3/c40-35(25-13-3-1-4-14-25)33(29-19-9-11-23-36-29)34(38-30-20-10-12-24-37-30)27-17-7-8-18-28(27)39-47(43,44)32-22-21-31(45-32)46(41,42)26-15-5-2-6-16-26/h1-24,33-35,39-40H,(H,37,38). The lowest BCUT2D eigenvalue weighted by molar-refractivity contribution is 0.133. The molecule has 0 bridgehead atoms. The summed E-state index contributed by atoms with van der Waals surface area (Å²) in [5, 5.41) is 15.4. The molecular formula is C35H30N4O5S3.